The zero-order valence-electron chi connectivity index (χ0n) is 15.8. The second-order valence-electron chi connectivity index (χ2n) is 6.53. The summed E-state index contributed by atoms with van der Waals surface area (Å²) in [6.45, 7) is 3.37. The number of rotatable bonds is 6. The lowest BCUT2D eigenvalue weighted by atomic mass is 10.1. The molecule has 0 saturated carbocycles. The van der Waals surface area contributed by atoms with E-state index in [1.54, 1.807) is 28.9 Å². The Kier molecular flexibility index (Phi) is 5.79. The average Bonchev–Trinajstić information content (AvgIpc) is 3.04. The fourth-order valence-corrected chi connectivity index (χ4v) is 3.16. The molecule has 0 bridgehead atoms. The zero-order valence-corrected chi connectivity index (χ0v) is 16.6. The van der Waals surface area contributed by atoms with Crippen molar-refractivity contribution in [3.05, 3.63) is 98.3 Å². The molecule has 0 spiro atoms. The molecule has 0 N–H and O–H groups in total. The van der Waals surface area contributed by atoms with Crippen molar-refractivity contribution in [2.75, 3.05) is 11.6 Å². The minimum atomic E-state index is -0.562. The van der Waals surface area contributed by atoms with Gasteiger partial charge in [-0.15, -0.1) is 0 Å². The van der Waals surface area contributed by atoms with Crippen molar-refractivity contribution in [3.8, 4) is 0 Å². The van der Waals surface area contributed by atoms with Gasteiger partial charge in [-0.2, -0.15) is 0 Å². The Morgan fingerprint density at radius 2 is 1.62 bits per heavy atom. The number of ketones is 1. The van der Waals surface area contributed by atoms with Crippen molar-refractivity contribution in [1.82, 2.24) is 4.68 Å². The molecule has 0 saturated heterocycles. The summed E-state index contributed by atoms with van der Waals surface area (Å²) < 4.78 is 1.66. The van der Waals surface area contributed by atoms with E-state index in [0.29, 0.717) is 10.6 Å². The van der Waals surface area contributed by atoms with Crippen LogP contribution in [0.15, 0.2) is 60.7 Å². The number of aryl methyl sites for hydroxylation is 2. The Labute approximate surface area is 172 Å². The predicted molar refractivity (Wildman–Crippen MR) is 110 cm³/mol. The van der Waals surface area contributed by atoms with E-state index in [0.717, 1.165) is 11.4 Å². The molecule has 2 aromatic carbocycles. The molecule has 0 aliphatic carbocycles. The lowest BCUT2D eigenvalue weighted by Gasteiger charge is -2.26. The van der Waals surface area contributed by atoms with Gasteiger partial charge in [-0.1, -0.05) is 23.7 Å². The third-order valence-corrected chi connectivity index (χ3v) is 4.73. The van der Waals surface area contributed by atoms with Gasteiger partial charge in [0.15, 0.2) is 5.78 Å². The fourth-order valence-electron chi connectivity index (χ4n) is 3.04. The van der Waals surface area contributed by atoms with Gasteiger partial charge in [0.05, 0.1) is 4.92 Å². The summed E-state index contributed by atoms with van der Waals surface area (Å²) in [5, 5.41) is 12.8. The van der Waals surface area contributed by atoms with Crippen molar-refractivity contribution in [3.63, 3.8) is 0 Å². The smallest absolute Gasteiger partial charge is 0.273 e. The molecule has 8 heteroatoms. The number of non-ortho nitro benzene ring substituents is 1. The molecule has 7 nitrogen and oxygen atoms in total. The van der Waals surface area contributed by atoms with Gasteiger partial charge in [0.25, 0.3) is 11.6 Å². The second-order valence-corrected chi connectivity index (χ2v) is 6.96. The first kappa shape index (κ1) is 20.3. The number of carbonyl (C=O) groups is 2. The number of hydrogen-bond donors (Lipinski definition) is 0. The highest BCUT2D eigenvalue weighted by Gasteiger charge is 2.24. The van der Waals surface area contributed by atoms with Crippen LogP contribution < -0.4 is 5.01 Å². The minimum absolute atomic E-state index is 0.163. The number of aromatic nitrogens is 1. The summed E-state index contributed by atoms with van der Waals surface area (Å²) in [7, 11) is 0. The maximum atomic E-state index is 13.2. The minimum Gasteiger partial charge on any atom is -0.292 e. The lowest BCUT2D eigenvalue weighted by Crippen LogP contribution is -2.45. The number of Topliss-reactive ketones (excluding diaryl/α,β-unsaturated/α-hetero) is 1. The van der Waals surface area contributed by atoms with E-state index in [-0.39, 0.29) is 23.7 Å². The van der Waals surface area contributed by atoms with E-state index < -0.39 is 10.7 Å². The van der Waals surface area contributed by atoms with Gasteiger partial charge in [-0.3, -0.25) is 24.4 Å². The Balaban J connectivity index is 1.98. The van der Waals surface area contributed by atoms with Crippen LogP contribution in [0.2, 0.25) is 5.02 Å². The molecule has 148 valence electrons. The number of nitro benzene ring substituents is 1. The van der Waals surface area contributed by atoms with Gasteiger partial charge < -0.3 is 0 Å². The number of nitrogens with zero attached hydrogens (tertiary/aromatic N) is 3. The van der Waals surface area contributed by atoms with Crippen LogP contribution >= 0.6 is 11.6 Å². The monoisotopic (exact) mass is 411 g/mol. The fraction of sp³-hybridized carbons (Fsp3) is 0.143. The van der Waals surface area contributed by atoms with E-state index in [1.807, 2.05) is 26.0 Å². The number of benzene rings is 2. The Morgan fingerprint density at radius 1 is 1.00 bits per heavy atom. The third kappa shape index (κ3) is 4.35. The summed E-state index contributed by atoms with van der Waals surface area (Å²) in [6, 6.07) is 15.5. The van der Waals surface area contributed by atoms with Crippen LogP contribution in [-0.4, -0.2) is 27.8 Å². The van der Waals surface area contributed by atoms with Crippen LogP contribution in [-0.2, 0) is 0 Å². The van der Waals surface area contributed by atoms with Crippen LogP contribution in [0, 0.1) is 24.0 Å². The summed E-state index contributed by atoms with van der Waals surface area (Å²) >= 11 is 5.91. The molecular weight excluding hydrogens is 394 g/mol. The number of hydrogen-bond acceptors (Lipinski definition) is 4. The normalized spacial score (nSPS) is 10.6. The largest absolute Gasteiger partial charge is 0.292 e. The van der Waals surface area contributed by atoms with E-state index in [4.69, 9.17) is 11.6 Å². The summed E-state index contributed by atoms with van der Waals surface area (Å²) in [5.41, 5.74) is 1.90. The van der Waals surface area contributed by atoms with Crippen molar-refractivity contribution in [1.29, 1.82) is 0 Å². The Bertz CT molecular complexity index is 1070. The molecule has 0 fully saturated rings. The zero-order chi connectivity index (χ0) is 21.1. The first-order chi connectivity index (χ1) is 13.8. The topological polar surface area (TPSA) is 85.4 Å². The first-order valence-corrected chi connectivity index (χ1v) is 9.16. The number of nitro groups is 1. The van der Waals surface area contributed by atoms with Crippen molar-refractivity contribution < 1.29 is 14.5 Å². The van der Waals surface area contributed by atoms with Gasteiger partial charge in [0, 0.05) is 39.7 Å². The standard InChI is InChI=1S/C21H18ClN3O4/c1-14-6-7-15(2)24(14)23(21(27)16-8-10-18(22)11-9-16)13-20(26)17-4-3-5-19(12-17)25(28)29/h3-12H,13H2,1-2H3. The van der Waals surface area contributed by atoms with Crippen LogP contribution in [0.25, 0.3) is 0 Å². The van der Waals surface area contributed by atoms with Crippen LogP contribution in [0.5, 0.6) is 0 Å². The highest BCUT2D eigenvalue weighted by molar-refractivity contribution is 6.30. The summed E-state index contributed by atoms with van der Waals surface area (Å²) in [6.07, 6.45) is 0. The van der Waals surface area contributed by atoms with E-state index in [9.17, 15) is 19.7 Å². The highest BCUT2D eigenvalue weighted by atomic mass is 35.5. The van der Waals surface area contributed by atoms with Crippen molar-refractivity contribution >= 4 is 29.0 Å². The molecule has 0 unspecified atom stereocenters. The van der Waals surface area contributed by atoms with E-state index in [1.165, 1.54) is 29.3 Å². The molecule has 1 heterocycles. The van der Waals surface area contributed by atoms with Crippen LogP contribution in [0.1, 0.15) is 32.1 Å². The number of carbonyl (C=O) groups excluding carboxylic acids is 2. The molecule has 0 atom stereocenters. The maximum Gasteiger partial charge on any atom is 0.273 e. The SMILES string of the molecule is Cc1ccc(C)n1N(CC(=O)c1cccc([N+](=O)[O-])c1)C(=O)c1ccc(Cl)cc1. The molecule has 3 rings (SSSR count). The van der Waals surface area contributed by atoms with Crippen molar-refractivity contribution in [2.24, 2.45) is 0 Å². The lowest BCUT2D eigenvalue weighted by molar-refractivity contribution is -0.384. The number of amides is 1. The summed E-state index contributed by atoms with van der Waals surface area (Å²) in [4.78, 5) is 36.5. The van der Waals surface area contributed by atoms with E-state index >= 15 is 0 Å². The van der Waals surface area contributed by atoms with Gasteiger partial charge in [-0.05, 0) is 50.2 Å². The molecule has 29 heavy (non-hydrogen) atoms. The molecule has 0 aliphatic rings. The average molecular weight is 412 g/mol. The molecule has 0 aliphatic heterocycles. The van der Waals surface area contributed by atoms with Gasteiger partial charge >= 0.3 is 0 Å². The summed E-state index contributed by atoms with van der Waals surface area (Å²) in [5.74, 6) is -0.800. The molecule has 1 amide bonds. The van der Waals surface area contributed by atoms with Crippen LogP contribution in [0.4, 0.5) is 5.69 Å². The molecule has 0 radical (unpaired) electrons. The highest BCUT2D eigenvalue weighted by Crippen LogP contribution is 2.17. The Morgan fingerprint density at radius 3 is 2.21 bits per heavy atom. The second kappa shape index (κ2) is 8.28. The van der Waals surface area contributed by atoms with Crippen LogP contribution in [0.3, 0.4) is 0 Å². The third-order valence-electron chi connectivity index (χ3n) is 4.47. The maximum absolute atomic E-state index is 13.2. The number of halogens is 1. The Hall–Kier alpha value is -3.45. The van der Waals surface area contributed by atoms with Gasteiger partial charge in [-0.25, -0.2) is 5.01 Å². The van der Waals surface area contributed by atoms with Gasteiger partial charge in [0.1, 0.15) is 6.54 Å². The predicted octanol–water partition coefficient (Wildman–Crippen LogP) is 4.33. The van der Waals surface area contributed by atoms with Crippen molar-refractivity contribution in [2.45, 2.75) is 13.8 Å². The van der Waals surface area contributed by atoms with E-state index in [2.05, 4.69) is 0 Å². The quantitative estimate of drug-likeness (QED) is 0.343. The molecular formula is C21H18ClN3O4. The molecule has 1 aromatic heterocycles. The first-order valence-electron chi connectivity index (χ1n) is 8.78. The van der Waals surface area contributed by atoms with Gasteiger partial charge in [0.2, 0.25) is 0 Å². The molecule has 3 aromatic rings.